The number of guanidine groups is 1. The summed E-state index contributed by atoms with van der Waals surface area (Å²) in [6.45, 7) is 5.97. The number of carboxylic acids is 1. The number of aliphatic hydroxyl groups is 2. The number of carbonyl (C=O) groups is 4. The van der Waals surface area contributed by atoms with Crippen molar-refractivity contribution in [3.05, 3.63) is 0 Å². The maximum atomic E-state index is 12.9. The Bertz CT molecular complexity index is 709. The minimum absolute atomic E-state index is 0.0342. The van der Waals surface area contributed by atoms with Gasteiger partial charge in [0.05, 0.1) is 12.2 Å². The van der Waals surface area contributed by atoms with Crippen molar-refractivity contribution in [1.82, 2.24) is 16.0 Å². The second-order valence-corrected chi connectivity index (χ2v) is 8.07. The van der Waals surface area contributed by atoms with Gasteiger partial charge in [-0.2, -0.15) is 0 Å². The smallest absolute Gasteiger partial charge is 0.328 e. The van der Waals surface area contributed by atoms with E-state index >= 15 is 0 Å². The third kappa shape index (κ3) is 10.9. The molecule has 0 bridgehead atoms. The number of nitrogens with one attached hydrogen (secondary N) is 3. The van der Waals surface area contributed by atoms with Crippen LogP contribution in [0.25, 0.3) is 0 Å². The predicted octanol–water partition coefficient (Wildman–Crippen LogP) is -3.68. The molecule has 33 heavy (non-hydrogen) atoms. The summed E-state index contributed by atoms with van der Waals surface area (Å²) in [5.41, 5.74) is 16.1. The molecule has 0 aliphatic heterocycles. The number of rotatable bonds is 14. The molecule has 0 aliphatic carbocycles. The van der Waals surface area contributed by atoms with Gasteiger partial charge in [-0.3, -0.25) is 19.4 Å². The molecule has 6 atom stereocenters. The van der Waals surface area contributed by atoms with Crippen molar-refractivity contribution in [2.75, 3.05) is 6.54 Å². The van der Waals surface area contributed by atoms with Crippen molar-refractivity contribution in [2.24, 2.45) is 28.1 Å². The molecule has 0 aromatic carbocycles. The fourth-order valence-electron chi connectivity index (χ4n) is 2.68. The van der Waals surface area contributed by atoms with Crippen LogP contribution in [0.5, 0.6) is 0 Å². The Hall–Kier alpha value is -2.97. The van der Waals surface area contributed by atoms with Gasteiger partial charge in [-0.15, -0.1) is 0 Å². The standard InChI is InChI=1S/C19H37N7O7/c1-8(2)13(25-16(30)12(20)9(3)27)17(31)24-11(6-5-7-23-19(21)22)15(29)26-14(10(4)28)18(32)33/h8-14,27-28H,5-7,20H2,1-4H3,(H,24,31)(H,25,30)(H,26,29)(H,32,33)(H4,21,22,23). The topological polar surface area (TPSA) is 255 Å². The molecule has 0 rings (SSSR count). The fourth-order valence-corrected chi connectivity index (χ4v) is 2.68. The number of aliphatic carboxylic acids is 1. The highest BCUT2D eigenvalue weighted by Crippen LogP contribution is 2.07. The highest BCUT2D eigenvalue weighted by atomic mass is 16.4. The molecule has 0 aromatic heterocycles. The number of amides is 3. The Morgan fingerprint density at radius 1 is 0.848 bits per heavy atom. The van der Waals surface area contributed by atoms with Gasteiger partial charge >= 0.3 is 5.97 Å². The van der Waals surface area contributed by atoms with Gasteiger partial charge < -0.3 is 48.5 Å². The van der Waals surface area contributed by atoms with Gasteiger partial charge in [0.15, 0.2) is 12.0 Å². The highest BCUT2D eigenvalue weighted by molar-refractivity contribution is 5.94. The van der Waals surface area contributed by atoms with Crippen LogP contribution >= 0.6 is 0 Å². The number of carboxylic acid groups (broad SMARTS) is 1. The molecule has 0 fully saturated rings. The van der Waals surface area contributed by atoms with Gasteiger partial charge in [0.2, 0.25) is 17.7 Å². The van der Waals surface area contributed by atoms with Crippen LogP contribution in [0.3, 0.4) is 0 Å². The second-order valence-electron chi connectivity index (χ2n) is 8.07. The van der Waals surface area contributed by atoms with Crippen LogP contribution in [0.4, 0.5) is 0 Å². The van der Waals surface area contributed by atoms with Crippen LogP contribution in [-0.4, -0.2) is 87.9 Å². The summed E-state index contributed by atoms with van der Waals surface area (Å²) >= 11 is 0. The number of aliphatic imine (C=N–C) groups is 1. The molecule has 190 valence electrons. The maximum absolute atomic E-state index is 12.9. The summed E-state index contributed by atoms with van der Waals surface area (Å²) in [5.74, 6) is -4.35. The van der Waals surface area contributed by atoms with Crippen molar-refractivity contribution in [2.45, 2.75) is 76.9 Å². The predicted molar refractivity (Wildman–Crippen MR) is 120 cm³/mol. The van der Waals surface area contributed by atoms with E-state index in [0.29, 0.717) is 0 Å². The van der Waals surface area contributed by atoms with Gasteiger partial charge in [-0.05, 0) is 32.6 Å². The molecule has 0 radical (unpaired) electrons. The molecule has 0 spiro atoms. The Labute approximate surface area is 192 Å². The van der Waals surface area contributed by atoms with E-state index in [1.54, 1.807) is 13.8 Å². The molecule has 14 nitrogen and oxygen atoms in total. The molecule has 0 saturated carbocycles. The molecule has 0 aliphatic rings. The zero-order valence-electron chi connectivity index (χ0n) is 19.3. The molecule has 14 heteroatoms. The van der Waals surface area contributed by atoms with Gasteiger partial charge in [-0.25, -0.2) is 4.79 Å². The van der Waals surface area contributed by atoms with Crippen LogP contribution in [0.2, 0.25) is 0 Å². The number of nitrogens with two attached hydrogens (primary N) is 3. The van der Waals surface area contributed by atoms with Gasteiger partial charge in [0, 0.05) is 6.54 Å². The summed E-state index contributed by atoms with van der Waals surface area (Å²) in [5, 5.41) is 35.4. The molecular weight excluding hydrogens is 438 g/mol. The van der Waals surface area contributed by atoms with Crippen LogP contribution in [0, 0.1) is 5.92 Å². The molecule has 6 unspecified atom stereocenters. The van der Waals surface area contributed by atoms with E-state index in [-0.39, 0.29) is 25.3 Å². The first kappa shape index (κ1) is 30.0. The molecule has 0 saturated heterocycles. The van der Waals surface area contributed by atoms with Crippen molar-refractivity contribution >= 4 is 29.7 Å². The van der Waals surface area contributed by atoms with Crippen LogP contribution in [0.1, 0.15) is 40.5 Å². The van der Waals surface area contributed by atoms with Crippen LogP contribution in [-0.2, 0) is 19.2 Å². The summed E-state index contributed by atoms with van der Waals surface area (Å²) < 4.78 is 0. The molecule has 0 aromatic rings. The quantitative estimate of drug-likeness (QED) is 0.0675. The Morgan fingerprint density at radius 3 is 1.82 bits per heavy atom. The normalized spacial score (nSPS) is 16.5. The fraction of sp³-hybridized carbons (Fsp3) is 0.737. The largest absolute Gasteiger partial charge is 0.480 e. The van der Waals surface area contributed by atoms with E-state index < -0.39 is 66.0 Å². The number of hydrogen-bond donors (Lipinski definition) is 9. The first-order valence-corrected chi connectivity index (χ1v) is 10.5. The zero-order valence-corrected chi connectivity index (χ0v) is 19.3. The van der Waals surface area contributed by atoms with Crippen molar-refractivity contribution in [3.8, 4) is 0 Å². The van der Waals surface area contributed by atoms with Crippen molar-refractivity contribution in [1.29, 1.82) is 0 Å². The van der Waals surface area contributed by atoms with Gasteiger partial charge in [0.25, 0.3) is 0 Å². The van der Waals surface area contributed by atoms with E-state index in [1.165, 1.54) is 13.8 Å². The number of carbonyl (C=O) groups excluding carboxylic acids is 3. The minimum atomic E-state index is -1.60. The monoisotopic (exact) mass is 475 g/mol. The molecule has 12 N–H and O–H groups in total. The number of hydrogen-bond acceptors (Lipinski definition) is 8. The summed E-state index contributed by atoms with van der Waals surface area (Å²) in [7, 11) is 0. The average Bonchev–Trinajstić information content (AvgIpc) is 2.69. The first-order chi connectivity index (χ1) is 15.2. The summed E-state index contributed by atoms with van der Waals surface area (Å²) in [6.07, 6.45) is -2.25. The van der Waals surface area contributed by atoms with E-state index in [2.05, 4.69) is 20.9 Å². The molecule has 0 heterocycles. The summed E-state index contributed by atoms with van der Waals surface area (Å²) in [6, 6.07) is -5.17. The molecular formula is C19H37N7O7. The Balaban J connectivity index is 5.55. The lowest BCUT2D eigenvalue weighted by molar-refractivity contribution is -0.145. The highest BCUT2D eigenvalue weighted by Gasteiger charge is 2.33. The van der Waals surface area contributed by atoms with Crippen molar-refractivity contribution < 1.29 is 34.5 Å². The van der Waals surface area contributed by atoms with Crippen LogP contribution in [0.15, 0.2) is 4.99 Å². The van der Waals surface area contributed by atoms with E-state index in [4.69, 9.17) is 17.2 Å². The minimum Gasteiger partial charge on any atom is -0.480 e. The maximum Gasteiger partial charge on any atom is 0.328 e. The number of nitrogens with zero attached hydrogens (tertiary/aromatic N) is 1. The van der Waals surface area contributed by atoms with E-state index in [0.717, 1.165) is 0 Å². The lowest BCUT2D eigenvalue weighted by Crippen LogP contribution is -2.60. The lowest BCUT2D eigenvalue weighted by Gasteiger charge is -2.27. The van der Waals surface area contributed by atoms with Crippen molar-refractivity contribution in [3.63, 3.8) is 0 Å². The van der Waals surface area contributed by atoms with E-state index in [1.807, 2.05) is 0 Å². The third-order valence-electron chi connectivity index (χ3n) is 4.69. The van der Waals surface area contributed by atoms with Gasteiger partial charge in [0.1, 0.15) is 18.1 Å². The first-order valence-electron chi connectivity index (χ1n) is 10.5. The zero-order chi connectivity index (χ0) is 25.9. The lowest BCUT2D eigenvalue weighted by atomic mass is 10.0. The van der Waals surface area contributed by atoms with E-state index in [9.17, 15) is 34.5 Å². The summed E-state index contributed by atoms with van der Waals surface area (Å²) in [4.78, 5) is 52.9. The SMILES string of the molecule is CC(C)C(NC(=O)C(N)C(C)O)C(=O)NC(CCCN=C(N)N)C(=O)NC(C(=O)O)C(C)O. The second kappa shape index (κ2) is 14.2. The average molecular weight is 476 g/mol. The number of aliphatic hydroxyl groups excluding tert-OH is 2. The van der Waals surface area contributed by atoms with Gasteiger partial charge in [-0.1, -0.05) is 13.8 Å². The van der Waals surface area contributed by atoms with Crippen LogP contribution < -0.4 is 33.2 Å². The molecule has 3 amide bonds. The Morgan fingerprint density at radius 2 is 1.39 bits per heavy atom. The third-order valence-corrected chi connectivity index (χ3v) is 4.69. The Kier molecular flexibility index (Phi) is 13.0.